The van der Waals surface area contributed by atoms with Crippen molar-refractivity contribution in [2.75, 3.05) is 19.0 Å². The van der Waals surface area contributed by atoms with E-state index in [1.165, 1.54) is 5.56 Å². The number of anilines is 1. The highest BCUT2D eigenvalue weighted by atomic mass is 79.9. The maximum atomic E-state index is 5.18. The van der Waals surface area contributed by atoms with Gasteiger partial charge in [-0.25, -0.2) is 4.98 Å². The minimum Gasteiger partial charge on any atom is -0.383 e. The third-order valence-electron chi connectivity index (χ3n) is 2.40. The highest BCUT2D eigenvalue weighted by Gasteiger charge is 2.08. The summed E-state index contributed by atoms with van der Waals surface area (Å²) in [6.45, 7) is 4.94. The van der Waals surface area contributed by atoms with E-state index in [2.05, 4.69) is 40.1 Å². The number of hydrogen-bond acceptors (Lipinski definition) is 3. The first kappa shape index (κ1) is 13.5. The molecule has 1 N–H and O–H groups in total. The van der Waals surface area contributed by atoms with Gasteiger partial charge in [-0.1, -0.05) is 13.3 Å². The van der Waals surface area contributed by atoms with E-state index < -0.39 is 0 Å². The van der Waals surface area contributed by atoms with Crippen LogP contribution in [-0.2, 0) is 4.74 Å². The summed E-state index contributed by atoms with van der Waals surface area (Å²) in [6.07, 6.45) is 4.05. The van der Waals surface area contributed by atoms with Gasteiger partial charge in [-0.2, -0.15) is 0 Å². The quantitative estimate of drug-likeness (QED) is 0.871. The molecule has 0 aliphatic rings. The van der Waals surface area contributed by atoms with E-state index in [1.54, 1.807) is 7.11 Å². The Balaban J connectivity index is 2.65. The van der Waals surface area contributed by atoms with Gasteiger partial charge in [-0.15, -0.1) is 0 Å². The Hall–Kier alpha value is -0.610. The molecule has 1 rings (SSSR count). The molecule has 90 valence electrons. The van der Waals surface area contributed by atoms with E-state index in [0.717, 1.165) is 23.1 Å². The summed E-state index contributed by atoms with van der Waals surface area (Å²) < 4.78 is 6.22. The molecule has 1 aromatic heterocycles. The molecular weight excluding hydrogens is 268 g/mol. The highest BCUT2D eigenvalue weighted by Crippen LogP contribution is 2.18. The van der Waals surface area contributed by atoms with E-state index in [4.69, 9.17) is 4.74 Å². The summed E-state index contributed by atoms with van der Waals surface area (Å²) >= 11 is 3.44. The molecule has 1 aromatic rings. The van der Waals surface area contributed by atoms with Gasteiger partial charge in [0.25, 0.3) is 0 Å². The van der Waals surface area contributed by atoms with Gasteiger partial charge in [0.05, 0.1) is 12.6 Å². The number of nitrogens with one attached hydrogen (secondary N) is 1. The van der Waals surface area contributed by atoms with Crippen molar-refractivity contribution in [1.29, 1.82) is 0 Å². The minimum atomic E-state index is 0.336. The molecule has 0 fully saturated rings. The Kier molecular flexibility index (Phi) is 5.77. The molecule has 3 nitrogen and oxygen atoms in total. The lowest BCUT2D eigenvalue weighted by molar-refractivity contribution is 0.182. The van der Waals surface area contributed by atoms with E-state index >= 15 is 0 Å². The summed E-state index contributed by atoms with van der Waals surface area (Å²) in [5, 5.41) is 3.39. The lowest BCUT2D eigenvalue weighted by Crippen LogP contribution is -2.25. The van der Waals surface area contributed by atoms with Gasteiger partial charge in [0, 0.05) is 17.8 Å². The molecule has 0 spiro atoms. The van der Waals surface area contributed by atoms with Crippen LogP contribution in [0.5, 0.6) is 0 Å². The first-order valence-electron chi connectivity index (χ1n) is 5.55. The molecule has 0 radical (unpaired) electrons. The Morgan fingerprint density at radius 3 is 2.88 bits per heavy atom. The largest absolute Gasteiger partial charge is 0.383 e. The predicted molar refractivity (Wildman–Crippen MR) is 70.9 cm³/mol. The number of aromatic nitrogens is 1. The summed E-state index contributed by atoms with van der Waals surface area (Å²) in [6, 6.07) is 2.38. The van der Waals surface area contributed by atoms with Crippen LogP contribution in [0, 0.1) is 6.92 Å². The van der Waals surface area contributed by atoms with Crippen molar-refractivity contribution in [3.05, 3.63) is 22.3 Å². The lowest BCUT2D eigenvalue weighted by atomic mass is 10.2. The molecule has 0 bridgehead atoms. The zero-order valence-electron chi connectivity index (χ0n) is 10.1. The van der Waals surface area contributed by atoms with Crippen LogP contribution in [0.25, 0.3) is 0 Å². The average molecular weight is 287 g/mol. The van der Waals surface area contributed by atoms with Gasteiger partial charge in [0.1, 0.15) is 5.82 Å². The van der Waals surface area contributed by atoms with Crippen molar-refractivity contribution in [1.82, 2.24) is 4.98 Å². The first-order chi connectivity index (χ1) is 7.67. The molecule has 4 heteroatoms. The molecule has 0 amide bonds. The normalized spacial score (nSPS) is 12.5. The summed E-state index contributed by atoms with van der Waals surface area (Å²) in [7, 11) is 1.73. The number of aryl methyl sites for hydroxylation is 1. The monoisotopic (exact) mass is 286 g/mol. The molecule has 0 aliphatic carbocycles. The smallest absolute Gasteiger partial charge is 0.126 e. The molecule has 0 aromatic carbocycles. The number of nitrogens with zero attached hydrogens (tertiary/aromatic N) is 1. The van der Waals surface area contributed by atoms with Crippen molar-refractivity contribution in [2.24, 2.45) is 0 Å². The maximum Gasteiger partial charge on any atom is 0.126 e. The van der Waals surface area contributed by atoms with Crippen LogP contribution in [-0.4, -0.2) is 24.7 Å². The summed E-state index contributed by atoms with van der Waals surface area (Å²) in [5.41, 5.74) is 1.19. The van der Waals surface area contributed by atoms with Gasteiger partial charge in [0.15, 0.2) is 0 Å². The van der Waals surface area contributed by atoms with Crippen molar-refractivity contribution in [2.45, 2.75) is 32.7 Å². The first-order valence-corrected chi connectivity index (χ1v) is 6.34. The fourth-order valence-electron chi connectivity index (χ4n) is 1.57. The van der Waals surface area contributed by atoms with Crippen molar-refractivity contribution in [3.8, 4) is 0 Å². The molecule has 0 saturated carbocycles. The van der Waals surface area contributed by atoms with Crippen LogP contribution in [0.4, 0.5) is 5.82 Å². The fraction of sp³-hybridized carbons (Fsp3) is 0.583. The van der Waals surface area contributed by atoms with E-state index in [0.29, 0.717) is 12.6 Å². The molecular formula is C12H19BrN2O. The Morgan fingerprint density at radius 1 is 1.56 bits per heavy atom. The third-order valence-corrected chi connectivity index (χ3v) is 3.23. The molecule has 0 aliphatic heterocycles. The number of halogens is 1. The van der Waals surface area contributed by atoms with Gasteiger partial charge in [0.2, 0.25) is 0 Å². The van der Waals surface area contributed by atoms with Crippen LogP contribution >= 0.6 is 15.9 Å². The van der Waals surface area contributed by atoms with Gasteiger partial charge >= 0.3 is 0 Å². The van der Waals surface area contributed by atoms with Gasteiger partial charge < -0.3 is 10.1 Å². The van der Waals surface area contributed by atoms with Gasteiger partial charge in [-0.05, 0) is 40.9 Å². The number of ether oxygens (including phenoxy) is 1. The van der Waals surface area contributed by atoms with E-state index in [9.17, 15) is 0 Å². The molecule has 0 saturated heterocycles. The van der Waals surface area contributed by atoms with Crippen LogP contribution in [0.3, 0.4) is 0 Å². The predicted octanol–water partition coefficient (Wildman–Crippen LogP) is 3.38. The van der Waals surface area contributed by atoms with Crippen LogP contribution < -0.4 is 5.32 Å². The second kappa shape index (κ2) is 6.86. The fourth-order valence-corrected chi connectivity index (χ4v) is 1.79. The zero-order chi connectivity index (χ0) is 12.0. The van der Waals surface area contributed by atoms with Crippen LogP contribution in [0.1, 0.15) is 25.3 Å². The maximum absolute atomic E-state index is 5.18. The van der Waals surface area contributed by atoms with E-state index in [-0.39, 0.29) is 0 Å². The van der Waals surface area contributed by atoms with Crippen LogP contribution in [0.15, 0.2) is 16.7 Å². The Labute approximate surface area is 106 Å². The SMILES string of the molecule is CCCC(COC)Nc1cc(C)c(Br)cn1. The Bertz CT molecular complexity index is 325. The number of hydrogen-bond donors (Lipinski definition) is 1. The summed E-state index contributed by atoms with van der Waals surface area (Å²) in [4.78, 5) is 4.33. The lowest BCUT2D eigenvalue weighted by Gasteiger charge is -2.18. The molecule has 16 heavy (non-hydrogen) atoms. The van der Waals surface area contributed by atoms with Gasteiger partial charge in [-0.3, -0.25) is 0 Å². The number of rotatable bonds is 6. The van der Waals surface area contributed by atoms with Crippen molar-refractivity contribution in [3.63, 3.8) is 0 Å². The second-order valence-electron chi connectivity index (χ2n) is 3.90. The zero-order valence-corrected chi connectivity index (χ0v) is 11.7. The van der Waals surface area contributed by atoms with E-state index in [1.807, 2.05) is 12.3 Å². The standard InChI is InChI=1S/C12H19BrN2O/c1-4-5-10(8-16-3)15-12-6-9(2)11(13)7-14-12/h6-7,10H,4-5,8H2,1-3H3,(H,14,15). The second-order valence-corrected chi connectivity index (χ2v) is 4.76. The number of methoxy groups -OCH3 is 1. The highest BCUT2D eigenvalue weighted by molar-refractivity contribution is 9.10. The van der Waals surface area contributed by atoms with Crippen molar-refractivity contribution < 1.29 is 4.74 Å². The summed E-state index contributed by atoms with van der Waals surface area (Å²) in [5.74, 6) is 0.913. The molecule has 1 atom stereocenters. The van der Waals surface area contributed by atoms with Crippen LogP contribution in [0.2, 0.25) is 0 Å². The van der Waals surface area contributed by atoms with Crippen molar-refractivity contribution >= 4 is 21.7 Å². The average Bonchev–Trinajstić information content (AvgIpc) is 2.24. The topological polar surface area (TPSA) is 34.1 Å². The number of pyridine rings is 1. The molecule has 1 heterocycles. The Morgan fingerprint density at radius 2 is 2.31 bits per heavy atom. The molecule has 1 unspecified atom stereocenters. The minimum absolute atomic E-state index is 0.336. The third kappa shape index (κ3) is 4.10.